The van der Waals surface area contributed by atoms with Crippen molar-refractivity contribution in [2.75, 3.05) is 20.6 Å². The number of amides is 1. The van der Waals surface area contributed by atoms with Crippen LogP contribution in [0.3, 0.4) is 0 Å². The molecule has 3 heterocycles. The highest BCUT2D eigenvalue weighted by Crippen LogP contribution is 2.23. The van der Waals surface area contributed by atoms with Gasteiger partial charge in [0.25, 0.3) is 5.91 Å². The summed E-state index contributed by atoms with van der Waals surface area (Å²) in [6.45, 7) is 0.398. The van der Waals surface area contributed by atoms with Crippen molar-refractivity contribution in [3.05, 3.63) is 84.6 Å². The quantitative estimate of drug-likeness (QED) is 0.520. The molecular weight excluding hydrogens is 368 g/mol. The summed E-state index contributed by atoms with van der Waals surface area (Å²) in [5.41, 5.74) is 1.82. The lowest BCUT2D eigenvalue weighted by molar-refractivity contribution is 0.0931. The van der Waals surface area contributed by atoms with Gasteiger partial charge in [0.2, 0.25) is 0 Å². The standard InChI is InChI=1S/C22H22N4O3/c1-25(2)19(21-11-7-13-29-21)15-23-22(27)18-14-17(20-10-6-12-28-20)24-26(18)16-8-4-3-5-9-16/h3-14,19H,15H2,1-2H3,(H,23,27). The van der Waals surface area contributed by atoms with E-state index in [1.165, 1.54) is 0 Å². The van der Waals surface area contributed by atoms with E-state index in [9.17, 15) is 4.79 Å². The summed E-state index contributed by atoms with van der Waals surface area (Å²) in [4.78, 5) is 15.1. The van der Waals surface area contributed by atoms with Crippen LogP contribution in [0.4, 0.5) is 0 Å². The number of carbonyl (C=O) groups excluding carboxylic acids is 1. The molecule has 1 N–H and O–H groups in total. The maximum Gasteiger partial charge on any atom is 0.270 e. The molecule has 7 heteroatoms. The molecular formula is C22H22N4O3. The van der Waals surface area contributed by atoms with E-state index in [1.807, 2.05) is 67.5 Å². The Morgan fingerprint density at radius 1 is 1.07 bits per heavy atom. The molecule has 148 valence electrons. The van der Waals surface area contributed by atoms with Crippen LogP contribution in [0, 0.1) is 0 Å². The zero-order valence-corrected chi connectivity index (χ0v) is 16.3. The molecule has 1 atom stereocenters. The summed E-state index contributed by atoms with van der Waals surface area (Å²) in [5, 5.41) is 7.59. The predicted octanol–water partition coefficient (Wildman–Crippen LogP) is 3.76. The number of rotatable bonds is 7. The largest absolute Gasteiger partial charge is 0.468 e. The van der Waals surface area contributed by atoms with E-state index >= 15 is 0 Å². The number of carbonyl (C=O) groups is 1. The molecule has 0 spiro atoms. The van der Waals surface area contributed by atoms with Gasteiger partial charge in [-0.3, -0.25) is 9.69 Å². The number of hydrogen-bond donors (Lipinski definition) is 1. The van der Waals surface area contributed by atoms with E-state index in [2.05, 4.69) is 10.4 Å². The first kappa shape index (κ1) is 18.8. The van der Waals surface area contributed by atoms with Gasteiger partial charge in [-0.25, -0.2) is 4.68 Å². The Labute approximate surface area is 168 Å². The molecule has 1 unspecified atom stereocenters. The lowest BCUT2D eigenvalue weighted by Crippen LogP contribution is -2.35. The summed E-state index contributed by atoms with van der Waals surface area (Å²) in [7, 11) is 3.89. The number of nitrogens with one attached hydrogen (secondary N) is 1. The molecule has 0 fully saturated rings. The third kappa shape index (κ3) is 4.00. The van der Waals surface area contributed by atoms with E-state index in [0.29, 0.717) is 23.7 Å². The van der Waals surface area contributed by atoms with Crippen molar-refractivity contribution in [3.63, 3.8) is 0 Å². The Hall–Kier alpha value is -3.58. The van der Waals surface area contributed by atoms with Gasteiger partial charge in [-0.05, 0) is 50.5 Å². The fourth-order valence-electron chi connectivity index (χ4n) is 3.15. The SMILES string of the molecule is CN(C)C(CNC(=O)c1cc(-c2ccco2)nn1-c1ccccc1)c1ccco1. The van der Waals surface area contributed by atoms with Crippen LogP contribution in [0.25, 0.3) is 17.1 Å². The minimum atomic E-state index is -0.224. The van der Waals surface area contributed by atoms with Gasteiger partial charge in [0.1, 0.15) is 17.1 Å². The Morgan fingerprint density at radius 3 is 2.48 bits per heavy atom. The molecule has 0 saturated carbocycles. The summed E-state index contributed by atoms with van der Waals surface area (Å²) in [6.07, 6.45) is 3.22. The molecule has 1 amide bonds. The predicted molar refractivity (Wildman–Crippen MR) is 109 cm³/mol. The first-order chi connectivity index (χ1) is 14.1. The van der Waals surface area contributed by atoms with Gasteiger partial charge in [-0.2, -0.15) is 5.10 Å². The average Bonchev–Trinajstić information content (AvgIpc) is 3.49. The second kappa shape index (κ2) is 8.20. The minimum Gasteiger partial charge on any atom is -0.468 e. The number of aromatic nitrogens is 2. The lowest BCUT2D eigenvalue weighted by atomic mass is 10.2. The van der Waals surface area contributed by atoms with Crippen molar-refractivity contribution >= 4 is 5.91 Å². The van der Waals surface area contributed by atoms with Crippen molar-refractivity contribution in [1.82, 2.24) is 20.0 Å². The number of hydrogen-bond acceptors (Lipinski definition) is 5. The second-order valence-electron chi connectivity index (χ2n) is 6.84. The van der Waals surface area contributed by atoms with Crippen molar-refractivity contribution < 1.29 is 13.6 Å². The smallest absolute Gasteiger partial charge is 0.270 e. The summed E-state index contributed by atoms with van der Waals surface area (Å²) in [5.74, 6) is 1.18. The van der Waals surface area contributed by atoms with Crippen molar-refractivity contribution in [2.45, 2.75) is 6.04 Å². The average molecular weight is 390 g/mol. The molecule has 4 aromatic rings. The third-order valence-corrected chi connectivity index (χ3v) is 4.67. The molecule has 0 saturated heterocycles. The number of benzene rings is 1. The molecule has 0 aliphatic heterocycles. The highest BCUT2D eigenvalue weighted by Gasteiger charge is 2.22. The number of para-hydroxylation sites is 1. The third-order valence-electron chi connectivity index (χ3n) is 4.67. The van der Waals surface area contributed by atoms with Crippen LogP contribution in [-0.4, -0.2) is 41.2 Å². The van der Waals surface area contributed by atoms with Gasteiger partial charge in [0, 0.05) is 12.6 Å². The Balaban J connectivity index is 1.62. The van der Waals surface area contributed by atoms with Gasteiger partial charge in [-0.1, -0.05) is 18.2 Å². The van der Waals surface area contributed by atoms with Gasteiger partial charge in [0.05, 0.1) is 24.3 Å². The molecule has 0 aliphatic carbocycles. The number of nitrogens with zero attached hydrogens (tertiary/aromatic N) is 3. The van der Waals surface area contributed by atoms with Crippen molar-refractivity contribution in [2.24, 2.45) is 0 Å². The molecule has 0 bridgehead atoms. The summed E-state index contributed by atoms with van der Waals surface area (Å²) >= 11 is 0. The van der Waals surface area contributed by atoms with Crippen LogP contribution in [-0.2, 0) is 0 Å². The fraction of sp³-hybridized carbons (Fsp3) is 0.182. The highest BCUT2D eigenvalue weighted by atomic mass is 16.3. The van der Waals surface area contributed by atoms with Crippen LogP contribution < -0.4 is 5.32 Å². The van der Waals surface area contributed by atoms with Crippen LogP contribution in [0.15, 0.2) is 82.0 Å². The topological polar surface area (TPSA) is 76.4 Å². The summed E-state index contributed by atoms with van der Waals surface area (Å²) in [6, 6.07) is 18.6. The fourth-order valence-corrected chi connectivity index (χ4v) is 3.15. The van der Waals surface area contributed by atoms with Gasteiger partial charge in [0.15, 0.2) is 5.76 Å². The van der Waals surface area contributed by atoms with Gasteiger partial charge in [-0.15, -0.1) is 0 Å². The van der Waals surface area contributed by atoms with Crippen LogP contribution in [0.5, 0.6) is 0 Å². The van der Waals surface area contributed by atoms with E-state index in [-0.39, 0.29) is 11.9 Å². The maximum atomic E-state index is 13.1. The molecule has 29 heavy (non-hydrogen) atoms. The first-order valence-electron chi connectivity index (χ1n) is 9.31. The molecule has 3 aromatic heterocycles. The zero-order valence-electron chi connectivity index (χ0n) is 16.3. The molecule has 0 aliphatic rings. The monoisotopic (exact) mass is 390 g/mol. The van der Waals surface area contributed by atoms with Gasteiger partial charge >= 0.3 is 0 Å². The second-order valence-corrected chi connectivity index (χ2v) is 6.84. The number of furan rings is 2. The highest BCUT2D eigenvalue weighted by molar-refractivity contribution is 5.94. The van der Waals surface area contributed by atoms with Crippen molar-refractivity contribution in [1.29, 1.82) is 0 Å². The van der Waals surface area contributed by atoms with E-state index < -0.39 is 0 Å². The normalized spacial score (nSPS) is 12.2. The zero-order chi connectivity index (χ0) is 20.2. The molecule has 4 rings (SSSR count). The molecule has 7 nitrogen and oxygen atoms in total. The first-order valence-corrected chi connectivity index (χ1v) is 9.31. The van der Waals surface area contributed by atoms with Crippen LogP contribution >= 0.6 is 0 Å². The van der Waals surface area contributed by atoms with Gasteiger partial charge < -0.3 is 14.2 Å². The Bertz CT molecular complexity index is 1050. The summed E-state index contributed by atoms with van der Waals surface area (Å²) < 4.78 is 12.6. The Morgan fingerprint density at radius 2 is 1.83 bits per heavy atom. The van der Waals surface area contributed by atoms with Crippen molar-refractivity contribution in [3.8, 4) is 17.1 Å². The van der Waals surface area contributed by atoms with E-state index in [1.54, 1.807) is 29.3 Å². The Kier molecular flexibility index (Phi) is 5.31. The van der Waals surface area contributed by atoms with E-state index in [4.69, 9.17) is 8.83 Å². The van der Waals surface area contributed by atoms with Crippen LogP contribution in [0.2, 0.25) is 0 Å². The molecule has 0 radical (unpaired) electrons. The minimum absolute atomic E-state index is 0.0772. The van der Waals surface area contributed by atoms with E-state index in [0.717, 1.165) is 11.4 Å². The van der Waals surface area contributed by atoms with Crippen LogP contribution in [0.1, 0.15) is 22.3 Å². The molecule has 1 aromatic carbocycles. The number of likely N-dealkylation sites (N-methyl/N-ethyl adjacent to an activating group) is 1. The lowest BCUT2D eigenvalue weighted by Gasteiger charge is -2.22. The maximum absolute atomic E-state index is 13.1.